The van der Waals surface area contributed by atoms with E-state index in [0.717, 1.165) is 5.92 Å². The van der Waals surface area contributed by atoms with Gasteiger partial charge in [-0.15, -0.1) is 0 Å². The van der Waals surface area contributed by atoms with Gasteiger partial charge in [0, 0.05) is 0 Å². The van der Waals surface area contributed by atoms with Crippen LogP contribution in [-0.4, -0.2) is 10.5 Å². The monoisotopic (exact) mass is 314 g/mol. The van der Waals surface area contributed by atoms with Gasteiger partial charge in [0.1, 0.15) is 0 Å². The third kappa shape index (κ3) is 7.45. The van der Waals surface area contributed by atoms with Crippen LogP contribution in [0.4, 0.5) is 0 Å². The molecule has 1 fully saturated rings. The minimum atomic E-state index is 0.659. The van der Waals surface area contributed by atoms with Crippen LogP contribution in [-0.2, 0) is 0 Å². The highest BCUT2D eigenvalue weighted by Crippen LogP contribution is 2.32. The van der Waals surface area contributed by atoms with E-state index in [1.54, 1.807) is 5.56 Å². The van der Waals surface area contributed by atoms with Crippen LogP contribution < -0.4 is 0 Å². The first-order chi connectivity index (χ1) is 11.3. The Hall–Kier alpha value is -1.64. The number of hydrogen-bond donors (Lipinski definition) is 2. The van der Waals surface area contributed by atoms with Crippen molar-refractivity contribution >= 4 is 0 Å². The molecule has 1 saturated carbocycles. The number of hydrogen-bond acceptors (Lipinski definition) is 2. The van der Waals surface area contributed by atoms with E-state index in [9.17, 15) is 0 Å². The van der Waals surface area contributed by atoms with Crippen molar-refractivity contribution in [1.82, 2.24) is 0 Å². The lowest BCUT2D eigenvalue weighted by molar-refractivity contribution is -0.176. The Labute approximate surface area is 140 Å². The molecule has 0 radical (unpaired) electrons. The van der Waals surface area contributed by atoms with E-state index in [-0.39, 0.29) is 0 Å². The second kappa shape index (κ2) is 11.9. The second-order valence-electron chi connectivity index (χ2n) is 6.31. The summed E-state index contributed by atoms with van der Waals surface area (Å²) in [7, 11) is 0. The Morgan fingerprint density at radius 2 is 1.22 bits per heavy atom. The molecule has 2 nitrogen and oxygen atoms in total. The van der Waals surface area contributed by atoms with Crippen LogP contribution in [0.15, 0.2) is 60.7 Å². The molecule has 2 heteroatoms. The van der Waals surface area contributed by atoms with Crippen molar-refractivity contribution in [3.05, 3.63) is 71.8 Å². The summed E-state index contributed by atoms with van der Waals surface area (Å²) in [5.41, 5.74) is 2.97. The summed E-state index contributed by atoms with van der Waals surface area (Å²) >= 11 is 0. The topological polar surface area (TPSA) is 40.5 Å². The maximum Gasteiger partial charge on any atom is -0.0162 e. The molecule has 1 aliphatic rings. The van der Waals surface area contributed by atoms with E-state index in [0.29, 0.717) is 5.92 Å². The first-order valence-electron chi connectivity index (χ1n) is 8.57. The minimum Gasteiger partial charge on any atom is -0.255 e. The van der Waals surface area contributed by atoms with Gasteiger partial charge in [-0.3, -0.25) is 10.5 Å². The quantitative estimate of drug-likeness (QED) is 0.486. The molecule has 2 aromatic rings. The van der Waals surface area contributed by atoms with E-state index in [1.165, 1.54) is 37.7 Å². The SMILES string of the molecule is CC(C)c1ccccc1.OO.c1ccc(C2CCCCC2)cc1. The maximum atomic E-state index is 6.00. The molecule has 3 rings (SSSR count). The lowest BCUT2D eigenvalue weighted by Gasteiger charge is -2.21. The zero-order chi connectivity index (χ0) is 16.9. The van der Waals surface area contributed by atoms with Crippen LogP contribution in [0.5, 0.6) is 0 Å². The third-order valence-corrected chi connectivity index (χ3v) is 4.34. The first-order valence-corrected chi connectivity index (χ1v) is 8.57. The molecule has 0 amide bonds. The van der Waals surface area contributed by atoms with Gasteiger partial charge < -0.3 is 0 Å². The standard InChI is InChI=1S/C12H16.C9H12.H2O2/c1-3-7-11(8-4-1)12-9-5-2-6-10-12;1-8(2)9-6-4-3-5-7-9;1-2/h1,3-4,7-8,12H,2,5-6,9-10H2;3-8H,1-2H3;1-2H. The number of benzene rings is 2. The van der Waals surface area contributed by atoms with Crippen LogP contribution in [0, 0.1) is 0 Å². The van der Waals surface area contributed by atoms with E-state index in [2.05, 4.69) is 68.4 Å². The summed E-state index contributed by atoms with van der Waals surface area (Å²) in [6, 6.07) is 21.5. The highest BCUT2D eigenvalue weighted by atomic mass is 17.0. The average Bonchev–Trinajstić information content (AvgIpc) is 2.66. The van der Waals surface area contributed by atoms with E-state index in [1.807, 2.05) is 6.07 Å². The molecule has 0 aliphatic heterocycles. The first kappa shape index (κ1) is 19.4. The Bertz CT molecular complexity index is 488. The van der Waals surface area contributed by atoms with Crippen LogP contribution in [0.2, 0.25) is 0 Å². The van der Waals surface area contributed by atoms with Crippen molar-refractivity contribution in [2.24, 2.45) is 0 Å². The molecule has 23 heavy (non-hydrogen) atoms. The molecule has 2 N–H and O–H groups in total. The van der Waals surface area contributed by atoms with Crippen molar-refractivity contribution in [2.45, 2.75) is 57.8 Å². The summed E-state index contributed by atoms with van der Waals surface area (Å²) < 4.78 is 0. The molecule has 0 atom stereocenters. The molecule has 0 bridgehead atoms. The fourth-order valence-electron chi connectivity index (χ4n) is 3.00. The van der Waals surface area contributed by atoms with Crippen molar-refractivity contribution in [1.29, 1.82) is 0 Å². The largest absolute Gasteiger partial charge is 0.255 e. The molecule has 1 aliphatic carbocycles. The lowest BCUT2D eigenvalue weighted by atomic mass is 9.84. The summed E-state index contributed by atoms with van der Waals surface area (Å²) in [6.07, 6.45) is 7.12. The smallest absolute Gasteiger partial charge is 0.0162 e. The van der Waals surface area contributed by atoms with Gasteiger partial charge in [-0.25, -0.2) is 0 Å². The molecule has 0 unspecified atom stereocenters. The predicted molar refractivity (Wildman–Crippen MR) is 98.1 cm³/mol. The molecular formula is C21H30O2. The molecule has 0 saturated heterocycles. The molecule has 0 aromatic heterocycles. The minimum absolute atomic E-state index is 0.659. The Balaban J connectivity index is 0.000000215. The van der Waals surface area contributed by atoms with E-state index >= 15 is 0 Å². The summed E-state index contributed by atoms with van der Waals surface area (Å²) in [5, 5.41) is 12.0. The van der Waals surface area contributed by atoms with Gasteiger partial charge in [0.25, 0.3) is 0 Å². The highest BCUT2D eigenvalue weighted by molar-refractivity contribution is 5.19. The Kier molecular flexibility index (Phi) is 10.0. The van der Waals surface area contributed by atoms with Gasteiger partial charge in [0.05, 0.1) is 0 Å². The predicted octanol–water partition coefficient (Wildman–Crippen LogP) is 6.56. The van der Waals surface area contributed by atoms with E-state index < -0.39 is 0 Å². The van der Waals surface area contributed by atoms with Gasteiger partial charge in [-0.1, -0.05) is 93.8 Å². The van der Waals surface area contributed by atoms with E-state index in [4.69, 9.17) is 10.5 Å². The zero-order valence-electron chi connectivity index (χ0n) is 14.4. The van der Waals surface area contributed by atoms with Crippen LogP contribution in [0.1, 0.15) is 68.9 Å². The number of rotatable bonds is 2. The Morgan fingerprint density at radius 1 is 0.739 bits per heavy atom. The fraction of sp³-hybridized carbons (Fsp3) is 0.429. The molecule has 2 aromatic carbocycles. The maximum absolute atomic E-state index is 6.00. The lowest BCUT2D eigenvalue weighted by Crippen LogP contribution is -2.03. The normalized spacial score (nSPS) is 14.3. The fourth-order valence-corrected chi connectivity index (χ4v) is 3.00. The van der Waals surface area contributed by atoms with Gasteiger partial charge in [0.2, 0.25) is 0 Å². The zero-order valence-corrected chi connectivity index (χ0v) is 14.4. The summed E-state index contributed by atoms with van der Waals surface area (Å²) in [4.78, 5) is 0. The van der Waals surface area contributed by atoms with Gasteiger partial charge in [-0.05, 0) is 35.8 Å². The van der Waals surface area contributed by atoms with Crippen LogP contribution in [0.25, 0.3) is 0 Å². The molecule has 126 valence electrons. The van der Waals surface area contributed by atoms with Crippen molar-refractivity contribution in [3.63, 3.8) is 0 Å². The highest BCUT2D eigenvalue weighted by Gasteiger charge is 2.14. The van der Waals surface area contributed by atoms with Crippen LogP contribution in [0.3, 0.4) is 0 Å². The van der Waals surface area contributed by atoms with Crippen molar-refractivity contribution < 1.29 is 10.5 Å². The van der Waals surface area contributed by atoms with Crippen LogP contribution >= 0.6 is 0 Å². The Morgan fingerprint density at radius 3 is 1.65 bits per heavy atom. The van der Waals surface area contributed by atoms with Gasteiger partial charge >= 0.3 is 0 Å². The summed E-state index contributed by atoms with van der Waals surface area (Å²) in [5.74, 6) is 1.52. The molecule has 0 heterocycles. The van der Waals surface area contributed by atoms with Gasteiger partial charge in [-0.2, -0.15) is 0 Å². The van der Waals surface area contributed by atoms with Gasteiger partial charge in [0.15, 0.2) is 0 Å². The summed E-state index contributed by atoms with van der Waals surface area (Å²) in [6.45, 7) is 4.41. The van der Waals surface area contributed by atoms with Crippen molar-refractivity contribution in [2.75, 3.05) is 0 Å². The second-order valence-corrected chi connectivity index (χ2v) is 6.31. The molecular weight excluding hydrogens is 284 g/mol. The average molecular weight is 314 g/mol. The molecule has 0 spiro atoms. The third-order valence-electron chi connectivity index (χ3n) is 4.34. The van der Waals surface area contributed by atoms with Crippen molar-refractivity contribution in [3.8, 4) is 0 Å².